The van der Waals surface area contributed by atoms with Crippen molar-refractivity contribution in [2.45, 2.75) is 76.2 Å². The lowest BCUT2D eigenvalue weighted by Crippen LogP contribution is -2.24. The van der Waals surface area contributed by atoms with Crippen LogP contribution in [0.15, 0.2) is 0 Å². The number of aromatic nitrogens is 3. The molecule has 0 N–H and O–H groups in total. The molecule has 1 saturated heterocycles. The van der Waals surface area contributed by atoms with E-state index in [4.69, 9.17) is 9.84 Å². The second kappa shape index (κ2) is 6.07. The van der Waals surface area contributed by atoms with Gasteiger partial charge in [0.1, 0.15) is 11.6 Å². The van der Waals surface area contributed by atoms with E-state index in [0.717, 1.165) is 25.7 Å². The number of rotatable bonds is 2. The number of nitrogens with zero attached hydrogens (tertiary/aromatic N) is 3. The van der Waals surface area contributed by atoms with E-state index in [-0.39, 0.29) is 0 Å². The molecule has 1 unspecified atom stereocenters. The van der Waals surface area contributed by atoms with Crippen LogP contribution in [-0.4, -0.2) is 28.0 Å². The summed E-state index contributed by atoms with van der Waals surface area (Å²) in [7, 11) is 0. The second-order valence-electron chi connectivity index (χ2n) is 7.10. The van der Waals surface area contributed by atoms with Crippen molar-refractivity contribution in [3.05, 3.63) is 11.6 Å². The average molecular weight is 289 g/mol. The quantitative estimate of drug-likeness (QED) is 0.834. The van der Waals surface area contributed by atoms with Crippen molar-refractivity contribution < 1.29 is 4.74 Å². The standard InChI is InChI=1S/C17H27N3O/c1-2-6-14(5-1)16-18-19-17-15(7-3-4-10-20(16)17)13-8-11-21-12-9-13/h13-15H,1-12H2. The molecule has 2 aliphatic heterocycles. The molecule has 1 aromatic heterocycles. The van der Waals surface area contributed by atoms with Gasteiger partial charge in [0.2, 0.25) is 0 Å². The van der Waals surface area contributed by atoms with E-state index >= 15 is 0 Å². The van der Waals surface area contributed by atoms with E-state index < -0.39 is 0 Å². The summed E-state index contributed by atoms with van der Waals surface area (Å²) in [5.74, 6) is 4.68. The molecule has 0 aromatic carbocycles. The van der Waals surface area contributed by atoms with Crippen LogP contribution in [0.2, 0.25) is 0 Å². The van der Waals surface area contributed by atoms with Crippen LogP contribution in [0.4, 0.5) is 0 Å². The molecule has 0 radical (unpaired) electrons. The molecule has 1 atom stereocenters. The van der Waals surface area contributed by atoms with Crippen molar-refractivity contribution in [1.82, 2.24) is 14.8 Å². The molecule has 0 spiro atoms. The molecule has 1 aromatic rings. The lowest BCUT2D eigenvalue weighted by atomic mass is 9.82. The highest BCUT2D eigenvalue weighted by Crippen LogP contribution is 2.40. The third-order valence-electron chi connectivity index (χ3n) is 5.84. The third kappa shape index (κ3) is 2.63. The van der Waals surface area contributed by atoms with Gasteiger partial charge in [-0.3, -0.25) is 0 Å². The molecule has 21 heavy (non-hydrogen) atoms. The Balaban J connectivity index is 1.63. The average Bonchev–Trinajstić information content (AvgIpc) is 3.14. The van der Waals surface area contributed by atoms with Crippen LogP contribution in [0.3, 0.4) is 0 Å². The summed E-state index contributed by atoms with van der Waals surface area (Å²) in [4.78, 5) is 0. The maximum Gasteiger partial charge on any atom is 0.136 e. The van der Waals surface area contributed by atoms with Crippen LogP contribution in [0.1, 0.15) is 81.3 Å². The molecule has 3 aliphatic rings. The van der Waals surface area contributed by atoms with Gasteiger partial charge < -0.3 is 9.30 Å². The maximum atomic E-state index is 5.55. The zero-order chi connectivity index (χ0) is 14.1. The Morgan fingerprint density at radius 2 is 1.52 bits per heavy atom. The third-order valence-corrected chi connectivity index (χ3v) is 5.84. The first-order chi connectivity index (χ1) is 10.4. The van der Waals surface area contributed by atoms with Gasteiger partial charge in [-0.1, -0.05) is 19.3 Å². The molecule has 3 heterocycles. The van der Waals surface area contributed by atoms with E-state index in [9.17, 15) is 0 Å². The summed E-state index contributed by atoms with van der Waals surface area (Å²) in [5.41, 5.74) is 0. The number of hydrogen-bond donors (Lipinski definition) is 0. The minimum Gasteiger partial charge on any atom is -0.381 e. The van der Waals surface area contributed by atoms with Crippen LogP contribution in [0.5, 0.6) is 0 Å². The summed E-state index contributed by atoms with van der Waals surface area (Å²) in [6.07, 6.45) is 11.7. The van der Waals surface area contributed by atoms with E-state index in [1.807, 2.05) is 0 Å². The molecule has 116 valence electrons. The minimum atomic E-state index is 0.624. The van der Waals surface area contributed by atoms with E-state index in [1.54, 1.807) is 0 Å². The Hall–Kier alpha value is -0.900. The molecule has 0 bridgehead atoms. The van der Waals surface area contributed by atoms with Crippen molar-refractivity contribution in [2.24, 2.45) is 5.92 Å². The van der Waals surface area contributed by atoms with Crippen molar-refractivity contribution >= 4 is 0 Å². The Bertz CT molecular complexity index is 472. The molecule has 4 heteroatoms. The van der Waals surface area contributed by atoms with Crippen molar-refractivity contribution in [3.8, 4) is 0 Å². The fraction of sp³-hybridized carbons (Fsp3) is 0.882. The predicted octanol–water partition coefficient (Wildman–Crippen LogP) is 3.63. The van der Waals surface area contributed by atoms with Crippen molar-refractivity contribution in [2.75, 3.05) is 13.2 Å². The number of hydrogen-bond acceptors (Lipinski definition) is 3. The van der Waals surface area contributed by atoms with Crippen LogP contribution in [-0.2, 0) is 11.3 Å². The number of fused-ring (bicyclic) bond motifs is 1. The first kappa shape index (κ1) is 13.7. The summed E-state index contributed by atoms with van der Waals surface area (Å²) >= 11 is 0. The lowest BCUT2D eigenvalue weighted by molar-refractivity contribution is 0.0556. The molecule has 1 aliphatic carbocycles. The Morgan fingerprint density at radius 1 is 0.810 bits per heavy atom. The van der Waals surface area contributed by atoms with Crippen LogP contribution in [0.25, 0.3) is 0 Å². The fourth-order valence-corrected chi connectivity index (χ4v) is 4.65. The van der Waals surface area contributed by atoms with Gasteiger partial charge in [-0.05, 0) is 44.4 Å². The highest BCUT2D eigenvalue weighted by molar-refractivity contribution is 5.10. The Morgan fingerprint density at radius 3 is 2.33 bits per heavy atom. The minimum absolute atomic E-state index is 0.624. The molecule has 2 fully saturated rings. The van der Waals surface area contributed by atoms with Crippen molar-refractivity contribution in [3.63, 3.8) is 0 Å². The summed E-state index contributed by atoms with van der Waals surface area (Å²) in [6.45, 7) is 3.02. The fourth-order valence-electron chi connectivity index (χ4n) is 4.65. The Labute approximate surface area is 127 Å². The van der Waals surface area contributed by atoms with Gasteiger partial charge in [0.05, 0.1) is 0 Å². The van der Waals surface area contributed by atoms with E-state index in [0.29, 0.717) is 11.8 Å². The summed E-state index contributed by atoms with van der Waals surface area (Å²) in [5, 5.41) is 9.34. The lowest BCUT2D eigenvalue weighted by Gasteiger charge is -2.29. The van der Waals surface area contributed by atoms with Gasteiger partial charge in [-0.25, -0.2) is 0 Å². The van der Waals surface area contributed by atoms with Gasteiger partial charge in [-0.15, -0.1) is 10.2 Å². The van der Waals surface area contributed by atoms with E-state index in [2.05, 4.69) is 9.67 Å². The molecular formula is C17H27N3O. The van der Waals surface area contributed by atoms with Gasteiger partial charge >= 0.3 is 0 Å². The summed E-state index contributed by atoms with van der Waals surface area (Å²) < 4.78 is 8.07. The number of ether oxygens (including phenoxy) is 1. The van der Waals surface area contributed by atoms with Crippen LogP contribution in [0, 0.1) is 5.92 Å². The van der Waals surface area contributed by atoms with Gasteiger partial charge in [-0.2, -0.15) is 0 Å². The molecule has 0 amide bonds. The van der Waals surface area contributed by atoms with Gasteiger partial charge in [0.15, 0.2) is 0 Å². The molecule has 4 nitrogen and oxygen atoms in total. The predicted molar refractivity (Wildman–Crippen MR) is 81.4 cm³/mol. The molecule has 1 saturated carbocycles. The van der Waals surface area contributed by atoms with Crippen molar-refractivity contribution in [1.29, 1.82) is 0 Å². The topological polar surface area (TPSA) is 39.9 Å². The van der Waals surface area contributed by atoms with Crippen LogP contribution >= 0.6 is 0 Å². The van der Waals surface area contributed by atoms with E-state index in [1.165, 1.54) is 69.4 Å². The molecular weight excluding hydrogens is 262 g/mol. The summed E-state index contributed by atoms with van der Waals surface area (Å²) in [6, 6.07) is 0. The second-order valence-corrected chi connectivity index (χ2v) is 7.10. The zero-order valence-electron chi connectivity index (χ0n) is 13.0. The highest BCUT2D eigenvalue weighted by atomic mass is 16.5. The van der Waals surface area contributed by atoms with Crippen LogP contribution < -0.4 is 0 Å². The first-order valence-corrected chi connectivity index (χ1v) is 8.94. The normalized spacial score (nSPS) is 28.5. The first-order valence-electron chi connectivity index (χ1n) is 8.94. The maximum absolute atomic E-state index is 5.55. The SMILES string of the molecule is C1CCC(c2nnc3n2CCCCC3C2CCOCC2)C1. The monoisotopic (exact) mass is 289 g/mol. The molecule has 4 rings (SSSR count). The van der Waals surface area contributed by atoms with Gasteiger partial charge in [0.25, 0.3) is 0 Å². The smallest absolute Gasteiger partial charge is 0.136 e. The Kier molecular flexibility index (Phi) is 3.97. The zero-order valence-corrected chi connectivity index (χ0v) is 13.0. The van der Waals surface area contributed by atoms with Gasteiger partial charge in [0, 0.05) is 31.6 Å². The highest BCUT2D eigenvalue weighted by Gasteiger charge is 2.33. The largest absolute Gasteiger partial charge is 0.381 e.